The summed E-state index contributed by atoms with van der Waals surface area (Å²) in [6.45, 7) is 6.50. The molecular formula is C76H130O6. The summed E-state index contributed by atoms with van der Waals surface area (Å²) in [4.78, 5) is 38.4. The Hall–Kier alpha value is -3.93. The van der Waals surface area contributed by atoms with Crippen LogP contribution in [0.4, 0.5) is 0 Å². The molecule has 6 nitrogen and oxygen atoms in total. The van der Waals surface area contributed by atoms with Crippen molar-refractivity contribution in [2.45, 2.75) is 341 Å². The van der Waals surface area contributed by atoms with Crippen LogP contribution in [-0.4, -0.2) is 37.2 Å². The molecule has 0 fully saturated rings. The van der Waals surface area contributed by atoms with Crippen LogP contribution in [0.3, 0.4) is 0 Å². The van der Waals surface area contributed by atoms with Crippen LogP contribution in [0.1, 0.15) is 335 Å². The lowest BCUT2D eigenvalue weighted by molar-refractivity contribution is -0.167. The van der Waals surface area contributed by atoms with Crippen molar-refractivity contribution in [2.75, 3.05) is 13.2 Å². The second kappa shape index (κ2) is 69.6. The molecule has 0 rings (SSSR count). The Morgan fingerprint density at radius 1 is 0.256 bits per heavy atom. The fourth-order valence-corrected chi connectivity index (χ4v) is 9.77. The average molecular weight is 1140 g/mol. The highest BCUT2D eigenvalue weighted by Gasteiger charge is 2.19. The van der Waals surface area contributed by atoms with Crippen LogP contribution in [0.25, 0.3) is 0 Å². The monoisotopic (exact) mass is 1140 g/mol. The number of hydrogen-bond donors (Lipinski definition) is 0. The maximum atomic E-state index is 12.9. The molecule has 470 valence electrons. The highest BCUT2D eigenvalue weighted by molar-refractivity contribution is 5.71. The molecule has 0 aliphatic carbocycles. The van der Waals surface area contributed by atoms with Gasteiger partial charge in [-0.1, -0.05) is 297 Å². The van der Waals surface area contributed by atoms with E-state index in [1.54, 1.807) is 0 Å². The highest BCUT2D eigenvalue weighted by Crippen LogP contribution is 2.17. The summed E-state index contributed by atoms with van der Waals surface area (Å²) in [7, 11) is 0. The van der Waals surface area contributed by atoms with Crippen LogP contribution >= 0.6 is 0 Å². The molecular weight excluding hydrogens is 1010 g/mol. The molecule has 0 aliphatic rings. The second-order valence-corrected chi connectivity index (χ2v) is 23.1. The molecule has 0 heterocycles. The van der Waals surface area contributed by atoms with Crippen molar-refractivity contribution in [3.8, 4) is 0 Å². The van der Waals surface area contributed by atoms with Gasteiger partial charge in [-0.3, -0.25) is 14.4 Å². The largest absolute Gasteiger partial charge is 0.462 e. The zero-order chi connectivity index (χ0) is 59.2. The minimum Gasteiger partial charge on any atom is -0.462 e. The fraction of sp³-hybridized carbons (Fsp3) is 0.724. The van der Waals surface area contributed by atoms with Gasteiger partial charge >= 0.3 is 17.9 Å². The van der Waals surface area contributed by atoms with Crippen LogP contribution in [0, 0.1) is 0 Å². The number of carbonyl (C=O) groups is 3. The van der Waals surface area contributed by atoms with Gasteiger partial charge in [0.25, 0.3) is 0 Å². The topological polar surface area (TPSA) is 78.9 Å². The summed E-state index contributed by atoms with van der Waals surface area (Å²) in [5.41, 5.74) is 0. The summed E-state index contributed by atoms with van der Waals surface area (Å²) in [6, 6.07) is 0. The van der Waals surface area contributed by atoms with Gasteiger partial charge in [0, 0.05) is 19.3 Å². The maximum absolute atomic E-state index is 12.9. The standard InChI is InChI=1S/C76H130O6/c1-4-7-10-13-16-19-22-25-28-31-33-35-36-37-38-39-40-42-43-45-48-51-54-57-60-63-66-69-75(78)81-72-73(71-80-74(77)68-65-62-59-56-53-50-47-30-27-24-21-18-15-12-9-6-3)82-76(79)70-67-64-61-58-55-52-49-46-44-41-34-32-29-26-23-20-17-14-11-8-5-2/h8,11,17,20-21,24,26,29-31,33-34,41,46-47,49,55,58,73H,4-7,9-10,12-16,18-19,22-23,25,27-28,32,35-40,42-45,48,50-54,56-57,59-72H2,1-3H3/b11-8-,20-17-,24-21-,29-26-,33-31-,41-34-,47-30-,49-46-,58-55-. The number of allylic oxidation sites excluding steroid dienone is 18. The number of unbranched alkanes of at least 4 members (excludes halogenated alkanes) is 34. The molecule has 0 saturated carbocycles. The summed E-state index contributed by atoms with van der Waals surface area (Å²) < 4.78 is 16.9. The molecule has 1 unspecified atom stereocenters. The Bertz CT molecular complexity index is 1640. The molecule has 0 aromatic heterocycles. The highest BCUT2D eigenvalue weighted by atomic mass is 16.6. The molecule has 0 N–H and O–H groups in total. The van der Waals surface area contributed by atoms with Crippen LogP contribution in [0.15, 0.2) is 109 Å². The molecule has 6 heteroatoms. The van der Waals surface area contributed by atoms with E-state index in [-0.39, 0.29) is 37.5 Å². The third kappa shape index (κ3) is 66.9. The predicted molar refractivity (Wildman–Crippen MR) is 357 cm³/mol. The lowest BCUT2D eigenvalue weighted by atomic mass is 10.0. The van der Waals surface area contributed by atoms with Gasteiger partial charge in [-0.05, 0) is 128 Å². The van der Waals surface area contributed by atoms with Crippen molar-refractivity contribution < 1.29 is 28.6 Å². The van der Waals surface area contributed by atoms with Gasteiger partial charge in [0.15, 0.2) is 6.10 Å². The van der Waals surface area contributed by atoms with E-state index in [9.17, 15) is 14.4 Å². The zero-order valence-electron chi connectivity index (χ0n) is 54.0. The van der Waals surface area contributed by atoms with Gasteiger partial charge in [-0.2, -0.15) is 0 Å². The van der Waals surface area contributed by atoms with E-state index >= 15 is 0 Å². The fourth-order valence-electron chi connectivity index (χ4n) is 9.77. The minimum absolute atomic E-state index is 0.0997. The van der Waals surface area contributed by atoms with Crippen molar-refractivity contribution >= 4 is 17.9 Å². The lowest BCUT2D eigenvalue weighted by Gasteiger charge is -2.18. The average Bonchev–Trinajstić information content (AvgIpc) is 3.48. The smallest absolute Gasteiger partial charge is 0.306 e. The maximum Gasteiger partial charge on any atom is 0.306 e. The minimum atomic E-state index is -0.810. The summed E-state index contributed by atoms with van der Waals surface area (Å²) in [5, 5.41) is 0. The number of esters is 3. The molecule has 82 heavy (non-hydrogen) atoms. The number of ether oxygens (including phenoxy) is 3. The molecule has 0 saturated heterocycles. The van der Waals surface area contributed by atoms with E-state index in [1.165, 1.54) is 173 Å². The van der Waals surface area contributed by atoms with Gasteiger partial charge in [-0.25, -0.2) is 0 Å². The van der Waals surface area contributed by atoms with E-state index in [0.717, 1.165) is 116 Å². The Kier molecular flexibility index (Phi) is 66.2. The van der Waals surface area contributed by atoms with Crippen molar-refractivity contribution in [3.63, 3.8) is 0 Å². The van der Waals surface area contributed by atoms with Crippen molar-refractivity contribution in [1.82, 2.24) is 0 Å². The second-order valence-electron chi connectivity index (χ2n) is 23.1. The van der Waals surface area contributed by atoms with E-state index < -0.39 is 6.10 Å². The first kappa shape index (κ1) is 78.1. The van der Waals surface area contributed by atoms with Crippen LogP contribution in [0.5, 0.6) is 0 Å². The lowest BCUT2D eigenvalue weighted by Crippen LogP contribution is -2.30. The van der Waals surface area contributed by atoms with Gasteiger partial charge < -0.3 is 14.2 Å². The van der Waals surface area contributed by atoms with E-state index in [2.05, 4.69) is 130 Å². The molecule has 0 aliphatic heterocycles. The Morgan fingerprint density at radius 2 is 0.476 bits per heavy atom. The molecule has 0 aromatic carbocycles. The van der Waals surface area contributed by atoms with Gasteiger partial charge in [0.1, 0.15) is 13.2 Å². The van der Waals surface area contributed by atoms with Crippen molar-refractivity contribution in [2.24, 2.45) is 0 Å². The summed E-state index contributed by atoms with van der Waals surface area (Å²) in [6.07, 6.45) is 95.4. The first-order chi connectivity index (χ1) is 40.5. The molecule has 0 aromatic rings. The van der Waals surface area contributed by atoms with E-state index in [1.807, 2.05) is 0 Å². The third-order valence-electron chi connectivity index (χ3n) is 15.0. The van der Waals surface area contributed by atoms with Gasteiger partial charge in [-0.15, -0.1) is 0 Å². The Morgan fingerprint density at radius 3 is 0.793 bits per heavy atom. The first-order valence-corrected chi connectivity index (χ1v) is 34.9. The normalized spacial score (nSPS) is 12.8. The van der Waals surface area contributed by atoms with Gasteiger partial charge in [0.05, 0.1) is 0 Å². The molecule has 1 atom stereocenters. The quantitative estimate of drug-likeness (QED) is 0.0261. The van der Waals surface area contributed by atoms with Gasteiger partial charge in [0.2, 0.25) is 0 Å². The molecule has 0 amide bonds. The van der Waals surface area contributed by atoms with Crippen molar-refractivity contribution in [1.29, 1.82) is 0 Å². The number of carbonyl (C=O) groups excluding carboxylic acids is 3. The summed E-state index contributed by atoms with van der Waals surface area (Å²) in [5.74, 6) is -0.946. The van der Waals surface area contributed by atoms with E-state index in [0.29, 0.717) is 19.3 Å². The van der Waals surface area contributed by atoms with E-state index in [4.69, 9.17) is 14.2 Å². The van der Waals surface area contributed by atoms with Crippen LogP contribution in [-0.2, 0) is 28.6 Å². The summed E-state index contributed by atoms with van der Waals surface area (Å²) >= 11 is 0. The SMILES string of the molecule is CC/C=C\C/C=C\C/C=C\C/C=C\C/C=C\C/C=C\CCCCC(=O)OC(COC(=O)CCCCCCC/C=C\C/C=C\CCCCCC)COC(=O)CCCCCCCCCCCCCCCCC/C=C\CCCCCCCCCC. The number of rotatable bonds is 63. The first-order valence-electron chi connectivity index (χ1n) is 34.9. The molecule has 0 radical (unpaired) electrons. The Labute approximate surface area is 508 Å². The predicted octanol–water partition coefficient (Wildman–Crippen LogP) is 24.2. The third-order valence-corrected chi connectivity index (χ3v) is 15.0. The molecule has 0 bridgehead atoms. The van der Waals surface area contributed by atoms with Crippen molar-refractivity contribution in [3.05, 3.63) is 109 Å². The zero-order valence-corrected chi connectivity index (χ0v) is 54.0. The number of hydrogen-bond acceptors (Lipinski definition) is 6. The molecule has 0 spiro atoms. The van der Waals surface area contributed by atoms with Crippen LogP contribution < -0.4 is 0 Å². The van der Waals surface area contributed by atoms with Crippen LogP contribution in [0.2, 0.25) is 0 Å². The Balaban J connectivity index is 4.39.